The summed E-state index contributed by atoms with van der Waals surface area (Å²) in [7, 11) is 1.66. The molecule has 3 heteroatoms. The maximum atomic E-state index is 5.85. The van der Waals surface area contributed by atoms with E-state index in [1.165, 1.54) is 0 Å². The largest absolute Gasteiger partial charge is 0.497 e. The van der Waals surface area contributed by atoms with Crippen molar-refractivity contribution < 1.29 is 9.47 Å². The summed E-state index contributed by atoms with van der Waals surface area (Å²) in [6.45, 7) is 5.72. The Morgan fingerprint density at radius 2 is 2.12 bits per heavy atom. The highest BCUT2D eigenvalue weighted by atomic mass is 16.5. The molecule has 0 saturated heterocycles. The van der Waals surface area contributed by atoms with Crippen LogP contribution in [0.4, 0.5) is 0 Å². The van der Waals surface area contributed by atoms with E-state index in [2.05, 4.69) is 13.8 Å². The minimum Gasteiger partial charge on any atom is -0.497 e. The monoisotopic (exact) mass is 237 g/mol. The molecule has 1 aromatic carbocycles. The van der Waals surface area contributed by atoms with Crippen molar-refractivity contribution in [1.82, 2.24) is 0 Å². The summed E-state index contributed by atoms with van der Waals surface area (Å²) in [5.74, 6) is 2.28. The van der Waals surface area contributed by atoms with Crippen LogP contribution in [-0.2, 0) is 6.42 Å². The smallest absolute Gasteiger partial charge is 0.126 e. The second kappa shape index (κ2) is 7.17. The first-order valence-corrected chi connectivity index (χ1v) is 6.21. The molecule has 0 aliphatic carbocycles. The van der Waals surface area contributed by atoms with Crippen molar-refractivity contribution in [3.63, 3.8) is 0 Å². The molecule has 1 aromatic rings. The van der Waals surface area contributed by atoms with Crippen LogP contribution in [0.5, 0.6) is 11.5 Å². The molecule has 0 heterocycles. The quantitative estimate of drug-likeness (QED) is 0.793. The van der Waals surface area contributed by atoms with Gasteiger partial charge in [-0.2, -0.15) is 0 Å². The first kappa shape index (κ1) is 13.8. The van der Waals surface area contributed by atoms with Crippen molar-refractivity contribution in [2.75, 3.05) is 20.3 Å². The van der Waals surface area contributed by atoms with Gasteiger partial charge in [-0.15, -0.1) is 0 Å². The SMILES string of the molecule is CCC(C)COc1cc(OC)ccc1CCN. The van der Waals surface area contributed by atoms with E-state index < -0.39 is 0 Å². The number of hydrogen-bond donors (Lipinski definition) is 1. The van der Waals surface area contributed by atoms with Gasteiger partial charge in [-0.1, -0.05) is 26.3 Å². The Hall–Kier alpha value is -1.22. The summed E-state index contributed by atoms with van der Waals surface area (Å²) in [5, 5.41) is 0. The Morgan fingerprint density at radius 3 is 2.71 bits per heavy atom. The zero-order valence-corrected chi connectivity index (χ0v) is 11.0. The molecule has 17 heavy (non-hydrogen) atoms. The highest BCUT2D eigenvalue weighted by Crippen LogP contribution is 2.25. The fourth-order valence-corrected chi connectivity index (χ4v) is 1.51. The Balaban J connectivity index is 2.77. The summed E-state index contributed by atoms with van der Waals surface area (Å²) in [6, 6.07) is 5.91. The van der Waals surface area contributed by atoms with Crippen molar-refractivity contribution >= 4 is 0 Å². The lowest BCUT2D eigenvalue weighted by molar-refractivity contribution is 0.253. The van der Waals surface area contributed by atoms with Gasteiger partial charge < -0.3 is 15.2 Å². The molecule has 0 spiro atoms. The van der Waals surface area contributed by atoms with Crippen molar-refractivity contribution in [1.29, 1.82) is 0 Å². The number of rotatable bonds is 7. The van der Waals surface area contributed by atoms with Crippen LogP contribution in [0.15, 0.2) is 18.2 Å². The fourth-order valence-electron chi connectivity index (χ4n) is 1.51. The summed E-state index contributed by atoms with van der Waals surface area (Å²) in [4.78, 5) is 0. The number of benzene rings is 1. The molecule has 0 amide bonds. The predicted molar refractivity (Wildman–Crippen MR) is 70.7 cm³/mol. The van der Waals surface area contributed by atoms with Gasteiger partial charge in [0.15, 0.2) is 0 Å². The van der Waals surface area contributed by atoms with Crippen molar-refractivity contribution in [3.8, 4) is 11.5 Å². The molecule has 0 aliphatic heterocycles. The number of ether oxygens (including phenoxy) is 2. The molecular formula is C14H23NO2. The van der Waals surface area contributed by atoms with Gasteiger partial charge in [0.05, 0.1) is 13.7 Å². The zero-order chi connectivity index (χ0) is 12.7. The second-order valence-electron chi connectivity index (χ2n) is 4.34. The number of nitrogens with two attached hydrogens (primary N) is 1. The normalized spacial score (nSPS) is 12.2. The molecule has 0 bridgehead atoms. The van der Waals surface area contributed by atoms with Gasteiger partial charge in [0.25, 0.3) is 0 Å². The zero-order valence-electron chi connectivity index (χ0n) is 11.0. The van der Waals surface area contributed by atoms with E-state index in [4.69, 9.17) is 15.2 Å². The summed E-state index contributed by atoms with van der Waals surface area (Å²) >= 11 is 0. The van der Waals surface area contributed by atoms with Crippen LogP contribution < -0.4 is 15.2 Å². The fraction of sp³-hybridized carbons (Fsp3) is 0.571. The molecule has 96 valence electrons. The van der Waals surface area contributed by atoms with Gasteiger partial charge in [-0.3, -0.25) is 0 Å². The molecule has 3 nitrogen and oxygen atoms in total. The molecule has 0 fully saturated rings. The van der Waals surface area contributed by atoms with Gasteiger partial charge in [-0.25, -0.2) is 0 Å². The molecule has 1 atom stereocenters. The Labute approximate surface area is 104 Å². The molecule has 2 N–H and O–H groups in total. The van der Waals surface area contributed by atoms with Crippen molar-refractivity contribution in [2.24, 2.45) is 11.7 Å². The van der Waals surface area contributed by atoms with Gasteiger partial charge in [-0.05, 0) is 30.5 Å². The molecular weight excluding hydrogens is 214 g/mol. The van der Waals surface area contributed by atoms with Crippen LogP contribution in [0, 0.1) is 5.92 Å². The van der Waals surface area contributed by atoms with E-state index in [0.29, 0.717) is 12.5 Å². The van der Waals surface area contributed by atoms with Crippen LogP contribution in [0.1, 0.15) is 25.8 Å². The summed E-state index contributed by atoms with van der Waals surface area (Å²) < 4.78 is 11.1. The molecule has 0 aromatic heterocycles. The highest BCUT2D eigenvalue weighted by Gasteiger charge is 2.07. The maximum Gasteiger partial charge on any atom is 0.126 e. The first-order chi connectivity index (χ1) is 8.21. The van der Waals surface area contributed by atoms with Gasteiger partial charge in [0, 0.05) is 6.07 Å². The second-order valence-corrected chi connectivity index (χ2v) is 4.34. The third-order valence-corrected chi connectivity index (χ3v) is 2.91. The Bertz CT molecular complexity index is 339. The third kappa shape index (κ3) is 4.27. The van der Waals surface area contributed by atoms with Crippen LogP contribution in [0.2, 0.25) is 0 Å². The molecule has 0 aliphatic rings. The predicted octanol–water partition coefficient (Wildman–Crippen LogP) is 2.62. The average molecular weight is 237 g/mol. The minimum atomic E-state index is 0.562. The van der Waals surface area contributed by atoms with Gasteiger partial charge in [0.2, 0.25) is 0 Å². The van der Waals surface area contributed by atoms with Crippen molar-refractivity contribution in [2.45, 2.75) is 26.7 Å². The van der Waals surface area contributed by atoms with E-state index >= 15 is 0 Å². The van der Waals surface area contributed by atoms with Crippen molar-refractivity contribution in [3.05, 3.63) is 23.8 Å². The molecule has 0 saturated carbocycles. The van der Waals surface area contributed by atoms with E-state index in [0.717, 1.165) is 36.5 Å². The van der Waals surface area contributed by atoms with Crippen LogP contribution >= 0.6 is 0 Å². The highest BCUT2D eigenvalue weighted by molar-refractivity contribution is 5.41. The Morgan fingerprint density at radius 1 is 1.35 bits per heavy atom. The first-order valence-electron chi connectivity index (χ1n) is 6.21. The lowest BCUT2D eigenvalue weighted by atomic mass is 10.1. The van der Waals surface area contributed by atoms with Crippen LogP contribution in [-0.4, -0.2) is 20.3 Å². The topological polar surface area (TPSA) is 44.5 Å². The number of methoxy groups -OCH3 is 1. The number of hydrogen-bond acceptors (Lipinski definition) is 3. The van der Waals surface area contributed by atoms with E-state index in [9.17, 15) is 0 Å². The molecule has 0 radical (unpaired) electrons. The minimum absolute atomic E-state index is 0.562. The van der Waals surface area contributed by atoms with Crippen LogP contribution in [0.3, 0.4) is 0 Å². The Kier molecular flexibility index (Phi) is 5.84. The summed E-state index contributed by atoms with van der Waals surface area (Å²) in [6.07, 6.45) is 1.95. The standard InChI is InChI=1S/C14H23NO2/c1-4-11(2)10-17-14-9-13(16-3)6-5-12(14)7-8-15/h5-6,9,11H,4,7-8,10,15H2,1-3H3. The lowest BCUT2D eigenvalue weighted by Crippen LogP contribution is -2.10. The average Bonchev–Trinajstić information content (AvgIpc) is 2.37. The van der Waals surface area contributed by atoms with E-state index in [1.54, 1.807) is 7.11 Å². The third-order valence-electron chi connectivity index (χ3n) is 2.91. The van der Waals surface area contributed by atoms with Gasteiger partial charge >= 0.3 is 0 Å². The van der Waals surface area contributed by atoms with E-state index in [1.807, 2.05) is 18.2 Å². The molecule has 1 unspecified atom stereocenters. The lowest BCUT2D eigenvalue weighted by Gasteiger charge is -2.15. The summed E-state index contributed by atoms with van der Waals surface area (Å²) in [5.41, 5.74) is 6.74. The van der Waals surface area contributed by atoms with E-state index in [-0.39, 0.29) is 0 Å². The maximum absolute atomic E-state index is 5.85. The van der Waals surface area contributed by atoms with Crippen LogP contribution in [0.25, 0.3) is 0 Å². The molecule has 1 rings (SSSR count). The van der Waals surface area contributed by atoms with Gasteiger partial charge in [0.1, 0.15) is 11.5 Å².